The van der Waals surface area contributed by atoms with Gasteiger partial charge in [0.25, 0.3) is 0 Å². The lowest BCUT2D eigenvalue weighted by Crippen LogP contribution is -2.21. The van der Waals surface area contributed by atoms with E-state index in [9.17, 15) is 0 Å². The molecule has 0 fully saturated rings. The quantitative estimate of drug-likeness (QED) is 0.554. The second-order valence-electron chi connectivity index (χ2n) is 6.49. The number of hydrogen-bond donors (Lipinski definition) is 1. The van der Waals surface area contributed by atoms with Crippen LogP contribution in [0.25, 0.3) is 0 Å². The lowest BCUT2D eigenvalue weighted by atomic mass is 9.92. The second kappa shape index (κ2) is 8.37. The van der Waals surface area contributed by atoms with Crippen molar-refractivity contribution in [2.75, 3.05) is 6.54 Å². The van der Waals surface area contributed by atoms with Gasteiger partial charge in [0, 0.05) is 17.0 Å². The maximum atomic E-state index is 5.97. The van der Waals surface area contributed by atoms with Crippen molar-refractivity contribution in [3.63, 3.8) is 0 Å². The van der Waals surface area contributed by atoms with Crippen LogP contribution in [-0.4, -0.2) is 6.54 Å². The van der Waals surface area contributed by atoms with E-state index in [1.54, 1.807) is 6.26 Å². The van der Waals surface area contributed by atoms with Crippen LogP contribution in [0.4, 0.5) is 0 Å². The Morgan fingerprint density at radius 2 is 1.64 bits per heavy atom. The number of rotatable bonds is 7. The zero-order valence-electron chi connectivity index (χ0n) is 14.7. The van der Waals surface area contributed by atoms with Gasteiger partial charge in [0.2, 0.25) is 0 Å². The third-order valence-corrected chi connectivity index (χ3v) is 4.87. The normalized spacial score (nSPS) is 13.6. The van der Waals surface area contributed by atoms with E-state index >= 15 is 0 Å². The summed E-state index contributed by atoms with van der Waals surface area (Å²) in [5.41, 5.74) is 3.81. The Morgan fingerprint density at radius 3 is 2.28 bits per heavy atom. The molecular weight excluding hydrogens is 330 g/mol. The van der Waals surface area contributed by atoms with E-state index in [2.05, 4.69) is 61.6 Å². The van der Waals surface area contributed by atoms with Crippen LogP contribution < -0.4 is 5.32 Å². The minimum atomic E-state index is 0.264. The first-order valence-corrected chi connectivity index (χ1v) is 9.10. The molecule has 0 saturated carbocycles. The lowest BCUT2D eigenvalue weighted by molar-refractivity contribution is 0.457. The average Bonchev–Trinajstić information content (AvgIpc) is 3.14. The van der Waals surface area contributed by atoms with Crippen molar-refractivity contribution in [2.24, 2.45) is 0 Å². The number of hydrogen-bond acceptors (Lipinski definition) is 2. The molecule has 0 radical (unpaired) electrons. The van der Waals surface area contributed by atoms with E-state index < -0.39 is 0 Å². The highest BCUT2D eigenvalue weighted by atomic mass is 35.5. The molecule has 3 heteroatoms. The number of furan rings is 1. The largest absolute Gasteiger partial charge is 0.469 e. The van der Waals surface area contributed by atoms with Crippen molar-refractivity contribution in [1.29, 1.82) is 0 Å². The highest BCUT2D eigenvalue weighted by molar-refractivity contribution is 6.30. The summed E-state index contributed by atoms with van der Waals surface area (Å²) in [7, 11) is 0. The molecule has 1 N–H and O–H groups in total. The summed E-state index contributed by atoms with van der Waals surface area (Å²) < 4.78 is 5.69. The van der Waals surface area contributed by atoms with E-state index in [-0.39, 0.29) is 12.0 Å². The number of halogens is 1. The van der Waals surface area contributed by atoms with Gasteiger partial charge in [-0.05, 0) is 62.2 Å². The highest BCUT2D eigenvalue weighted by Gasteiger charge is 2.17. The fourth-order valence-electron chi connectivity index (χ4n) is 3.07. The minimum absolute atomic E-state index is 0.264. The third-order valence-electron chi connectivity index (χ3n) is 4.62. The van der Waals surface area contributed by atoms with E-state index in [0.717, 1.165) is 23.7 Å². The monoisotopic (exact) mass is 353 g/mol. The SMILES string of the molecule is Cc1ccc([C@@H](CCN[C@@H](C)c2ccc(Cl)cc2)c2ccco2)cc1. The molecule has 0 aliphatic carbocycles. The first kappa shape index (κ1) is 17.8. The van der Waals surface area contributed by atoms with Crippen LogP contribution >= 0.6 is 11.6 Å². The number of aryl methyl sites for hydroxylation is 1. The maximum Gasteiger partial charge on any atom is 0.111 e. The Balaban J connectivity index is 1.65. The summed E-state index contributed by atoms with van der Waals surface area (Å²) in [6.45, 7) is 5.20. The smallest absolute Gasteiger partial charge is 0.111 e. The van der Waals surface area contributed by atoms with E-state index in [4.69, 9.17) is 16.0 Å². The summed E-state index contributed by atoms with van der Waals surface area (Å²) in [4.78, 5) is 0. The molecule has 0 aliphatic heterocycles. The summed E-state index contributed by atoms with van der Waals surface area (Å²) in [6.07, 6.45) is 2.73. The standard InChI is InChI=1S/C22H24ClNO/c1-16-5-7-19(8-6-16)21(22-4-3-15-25-22)13-14-24-17(2)18-9-11-20(23)12-10-18/h3-12,15,17,21,24H,13-14H2,1-2H3/t17-,21+/m0/s1. The maximum absolute atomic E-state index is 5.97. The van der Waals surface area contributed by atoms with Crippen LogP contribution in [0.2, 0.25) is 5.02 Å². The molecule has 2 aromatic carbocycles. The van der Waals surface area contributed by atoms with E-state index in [0.29, 0.717) is 0 Å². The summed E-state index contributed by atoms with van der Waals surface area (Å²) in [6, 6.07) is 21.1. The van der Waals surface area contributed by atoms with Crippen molar-refractivity contribution < 1.29 is 4.42 Å². The molecule has 0 amide bonds. The van der Waals surface area contributed by atoms with Gasteiger partial charge in [0.15, 0.2) is 0 Å². The minimum Gasteiger partial charge on any atom is -0.469 e. The van der Waals surface area contributed by atoms with Gasteiger partial charge in [-0.3, -0.25) is 0 Å². The molecule has 0 bridgehead atoms. The topological polar surface area (TPSA) is 25.2 Å². The molecule has 3 rings (SSSR count). The van der Waals surface area contributed by atoms with Crippen molar-refractivity contribution >= 4 is 11.6 Å². The molecule has 1 heterocycles. The van der Waals surface area contributed by atoms with Crippen molar-refractivity contribution in [3.05, 3.63) is 94.4 Å². The van der Waals surface area contributed by atoms with Gasteiger partial charge in [-0.1, -0.05) is 53.6 Å². The fourth-order valence-corrected chi connectivity index (χ4v) is 3.20. The van der Waals surface area contributed by atoms with Gasteiger partial charge >= 0.3 is 0 Å². The summed E-state index contributed by atoms with van der Waals surface area (Å²) in [5, 5.41) is 4.38. The molecule has 130 valence electrons. The van der Waals surface area contributed by atoms with Crippen LogP contribution in [0, 0.1) is 6.92 Å². The lowest BCUT2D eigenvalue weighted by Gasteiger charge is -2.19. The molecule has 25 heavy (non-hydrogen) atoms. The second-order valence-corrected chi connectivity index (χ2v) is 6.93. The summed E-state index contributed by atoms with van der Waals surface area (Å²) >= 11 is 5.97. The van der Waals surface area contributed by atoms with Gasteiger partial charge in [0.05, 0.1) is 6.26 Å². The van der Waals surface area contributed by atoms with E-state index in [1.165, 1.54) is 16.7 Å². The van der Waals surface area contributed by atoms with Gasteiger partial charge in [-0.25, -0.2) is 0 Å². The van der Waals surface area contributed by atoms with Gasteiger partial charge in [0.1, 0.15) is 5.76 Å². The molecule has 3 aromatic rings. The van der Waals surface area contributed by atoms with Crippen LogP contribution in [0.1, 0.15) is 47.8 Å². The molecule has 0 spiro atoms. The summed E-state index contributed by atoms with van der Waals surface area (Å²) in [5.74, 6) is 1.28. The number of nitrogens with one attached hydrogen (secondary N) is 1. The Labute approximate surface area is 154 Å². The van der Waals surface area contributed by atoms with Crippen molar-refractivity contribution in [3.8, 4) is 0 Å². The van der Waals surface area contributed by atoms with E-state index in [1.807, 2.05) is 18.2 Å². The molecule has 2 atom stereocenters. The molecule has 0 saturated heterocycles. The molecule has 2 nitrogen and oxygen atoms in total. The first-order chi connectivity index (χ1) is 12.1. The molecule has 0 unspecified atom stereocenters. The van der Waals surface area contributed by atoms with Gasteiger partial charge in [-0.2, -0.15) is 0 Å². The Hall–Kier alpha value is -2.03. The zero-order valence-corrected chi connectivity index (χ0v) is 15.5. The average molecular weight is 354 g/mol. The predicted octanol–water partition coefficient (Wildman–Crippen LogP) is 6.11. The van der Waals surface area contributed by atoms with Crippen LogP contribution in [0.5, 0.6) is 0 Å². The molecular formula is C22H24ClNO. The van der Waals surface area contributed by atoms with Crippen LogP contribution in [0.3, 0.4) is 0 Å². The molecule has 0 aliphatic rings. The van der Waals surface area contributed by atoms with Crippen molar-refractivity contribution in [2.45, 2.75) is 32.2 Å². The fraction of sp³-hybridized carbons (Fsp3) is 0.273. The number of benzene rings is 2. The Bertz CT molecular complexity index is 763. The molecule has 1 aromatic heterocycles. The van der Waals surface area contributed by atoms with Gasteiger partial charge in [-0.15, -0.1) is 0 Å². The Morgan fingerprint density at radius 1 is 0.960 bits per heavy atom. The van der Waals surface area contributed by atoms with Crippen LogP contribution in [0.15, 0.2) is 71.3 Å². The van der Waals surface area contributed by atoms with Crippen LogP contribution in [-0.2, 0) is 0 Å². The van der Waals surface area contributed by atoms with Crippen molar-refractivity contribution in [1.82, 2.24) is 5.32 Å². The Kier molecular flexibility index (Phi) is 5.95. The first-order valence-electron chi connectivity index (χ1n) is 8.72. The highest BCUT2D eigenvalue weighted by Crippen LogP contribution is 2.28. The van der Waals surface area contributed by atoms with Gasteiger partial charge < -0.3 is 9.73 Å². The third kappa shape index (κ3) is 4.75. The predicted molar refractivity (Wildman–Crippen MR) is 104 cm³/mol. The zero-order chi connectivity index (χ0) is 17.6.